The van der Waals surface area contributed by atoms with E-state index in [1.807, 2.05) is 20.8 Å². The molecule has 6 nitrogen and oxygen atoms in total. The molecule has 6 heteroatoms. The van der Waals surface area contributed by atoms with E-state index < -0.39 is 24.1 Å². The maximum Gasteiger partial charge on any atom is 0.337 e. The van der Waals surface area contributed by atoms with Gasteiger partial charge in [0.1, 0.15) is 6.29 Å². The Balaban J connectivity index is 2.19. The lowest BCUT2D eigenvalue weighted by Gasteiger charge is -2.33. The van der Waals surface area contributed by atoms with Crippen LogP contribution in [0.4, 0.5) is 0 Å². The van der Waals surface area contributed by atoms with Crippen molar-refractivity contribution in [2.75, 3.05) is 7.11 Å². The van der Waals surface area contributed by atoms with Gasteiger partial charge in [0.15, 0.2) is 0 Å². The number of ether oxygens (including phenoxy) is 3. The lowest BCUT2D eigenvalue weighted by Crippen LogP contribution is -2.38. The fraction of sp³-hybridized carbons (Fsp3) is 0.588. The van der Waals surface area contributed by atoms with Crippen LogP contribution in [0, 0.1) is 17.3 Å². The van der Waals surface area contributed by atoms with Crippen LogP contribution in [0.25, 0.3) is 0 Å². The molecule has 126 valence electrons. The van der Waals surface area contributed by atoms with E-state index in [0.717, 1.165) is 6.29 Å². The van der Waals surface area contributed by atoms with Crippen molar-refractivity contribution in [2.24, 2.45) is 17.3 Å². The number of carbonyl (C=O) groups is 3. The molecule has 2 aliphatic rings. The summed E-state index contributed by atoms with van der Waals surface area (Å²) in [7, 11) is 1.29. The molecule has 0 aromatic carbocycles. The highest BCUT2D eigenvalue weighted by molar-refractivity contribution is 5.90. The third kappa shape index (κ3) is 3.81. The van der Waals surface area contributed by atoms with Crippen molar-refractivity contribution in [1.82, 2.24) is 0 Å². The molecule has 0 amide bonds. The summed E-state index contributed by atoms with van der Waals surface area (Å²) >= 11 is 0. The number of allylic oxidation sites excluding steroid dienone is 1. The van der Waals surface area contributed by atoms with E-state index in [4.69, 9.17) is 14.2 Å². The van der Waals surface area contributed by atoms with Crippen molar-refractivity contribution < 1.29 is 28.6 Å². The van der Waals surface area contributed by atoms with Gasteiger partial charge in [-0.2, -0.15) is 0 Å². The zero-order valence-electron chi connectivity index (χ0n) is 13.8. The molecular weight excluding hydrogens is 300 g/mol. The van der Waals surface area contributed by atoms with Crippen LogP contribution in [0.5, 0.6) is 0 Å². The molecule has 0 saturated carbocycles. The number of fused-ring (bicyclic) bond motifs is 1. The molecule has 1 aliphatic carbocycles. The smallest absolute Gasteiger partial charge is 0.337 e. The van der Waals surface area contributed by atoms with Gasteiger partial charge in [0.25, 0.3) is 6.29 Å². The van der Waals surface area contributed by atoms with E-state index in [1.54, 1.807) is 6.08 Å². The summed E-state index contributed by atoms with van der Waals surface area (Å²) in [4.78, 5) is 35.2. The van der Waals surface area contributed by atoms with E-state index >= 15 is 0 Å². The molecule has 3 atom stereocenters. The van der Waals surface area contributed by atoms with Crippen molar-refractivity contribution in [1.29, 1.82) is 0 Å². The van der Waals surface area contributed by atoms with Crippen molar-refractivity contribution >= 4 is 18.2 Å². The quantitative estimate of drug-likeness (QED) is 0.583. The van der Waals surface area contributed by atoms with Gasteiger partial charge in [0.05, 0.1) is 31.3 Å². The third-order valence-corrected chi connectivity index (χ3v) is 3.93. The fourth-order valence-electron chi connectivity index (χ4n) is 2.91. The van der Waals surface area contributed by atoms with Gasteiger partial charge in [-0.1, -0.05) is 26.8 Å². The first-order valence-electron chi connectivity index (χ1n) is 7.55. The van der Waals surface area contributed by atoms with Gasteiger partial charge in [-0.25, -0.2) is 4.79 Å². The van der Waals surface area contributed by atoms with Crippen LogP contribution in [0.15, 0.2) is 23.5 Å². The topological polar surface area (TPSA) is 78.9 Å². The summed E-state index contributed by atoms with van der Waals surface area (Å²) in [5.41, 5.74) is 0.628. The number of hydrogen-bond acceptors (Lipinski definition) is 6. The number of hydrogen-bond donors (Lipinski definition) is 0. The summed E-state index contributed by atoms with van der Waals surface area (Å²) in [6.45, 7) is 5.79. The highest BCUT2D eigenvalue weighted by Gasteiger charge is 2.46. The Hall–Kier alpha value is -2.11. The minimum Gasteiger partial charge on any atom is -0.466 e. The fourth-order valence-corrected chi connectivity index (χ4v) is 2.91. The Morgan fingerprint density at radius 2 is 2.09 bits per heavy atom. The lowest BCUT2D eigenvalue weighted by atomic mass is 9.83. The van der Waals surface area contributed by atoms with Gasteiger partial charge in [-0.05, 0) is 17.4 Å². The molecule has 0 spiro atoms. The largest absolute Gasteiger partial charge is 0.466 e. The van der Waals surface area contributed by atoms with Crippen molar-refractivity contribution in [3.63, 3.8) is 0 Å². The Morgan fingerprint density at radius 3 is 2.65 bits per heavy atom. The minimum atomic E-state index is -0.901. The Kier molecular flexibility index (Phi) is 4.92. The summed E-state index contributed by atoms with van der Waals surface area (Å²) in [6.07, 6.45) is 3.59. The van der Waals surface area contributed by atoms with E-state index in [0.29, 0.717) is 17.6 Å². The molecule has 0 radical (unpaired) electrons. The van der Waals surface area contributed by atoms with Gasteiger partial charge < -0.3 is 14.2 Å². The maximum atomic E-state index is 12.1. The highest BCUT2D eigenvalue weighted by atomic mass is 16.7. The molecule has 3 unspecified atom stereocenters. The van der Waals surface area contributed by atoms with Crippen LogP contribution >= 0.6 is 0 Å². The Bertz CT molecular complexity index is 566. The van der Waals surface area contributed by atoms with E-state index in [1.165, 1.54) is 13.4 Å². The Morgan fingerprint density at radius 1 is 1.39 bits per heavy atom. The summed E-state index contributed by atoms with van der Waals surface area (Å²) in [5.74, 6) is -1.65. The van der Waals surface area contributed by atoms with Crippen LogP contribution in [-0.2, 0) is 28.6 Å². The number of carbonyl (C=O) groups excluding carboxylic acids is 3. The van der Waals surface area contributed by atoms with Crippen molar-refractivity contribution in [3.05, 3.63) is 23.5 Å². The predicted octanol–water partition coefficient (Wildman–Crippen LogP) is 2.14. The van der Waals surface area contributed by atoms with Gasteiger partial charge in [0, 0.05) is 5.92 Å². The molecule has 1 heterocycles. The second kappa shape index (κ2) is 6.56. The molecule has 1 aliphatic heterocycles. The number of methoxy groups -OCH3 is 1. The van der Waals surface area contributed by atoms with Gasteiger partial charge in [-0.15, -0.1) is 0 Å². The van der Waals surface area contributed by atoms with Gasteiger partial charge in [0.2, 0.25) is 0 Å². The first-order valence-corrected chi connectivity index (χ1v) is 7.55. The molecular formula is C17H22O6. The summed E-state index contributed by atoms with van der Waals surface area (Å²) in [5, 5.41) is 0. The maximum absolute atomic E-state index is 12.1. The number of rotatable bonds is 4. The average molecular weight is 322 g/mol. The number of esters is 2. The third-order valence-electron chi connectivity index (χ3n) is 3.93. The average Bonchev–Trinajstić information content (AvgIpc) is 2.89. The predicted molar refractivity (Wildman–Crippen MR) is 80.9 cm³/mol. The second-order valence-electron chi connectivity index (χ2n) is 6.99. The van der Waals surface area contributed by atoms with Crippen LogP contribution in [0.1, 0.15) is 33.6 Å². The van der Waals surface area contributed by atoms with Gasteiger partial charge in [-0.3, -0.25) is 9.59 Å². The molecule has 0 fully saturated rings. The zero-order valence-corrected chi connectivity index (χ0v) is 13.8. The zero-order chi connectivity index (χ0) is 17.2. The van der Waals surface area contributed by atoms with E-state index in [-0.39, 0.29) is 17.8 Å². The first-order chi connectivity index (χ1) is 10.8. The molecule has 0 saturated heterocycles. The van der Waals surface area contributed by atoms with Crippen LogP contribution < -0.4 is 0 Å². The Labute approximate surface area is 135 Å². The lowest BCUT2D eigenvalue weighted by molar-refractivity contribution is -0.184. The highest BCUT2D eigenvalue weighted by Crippen LogP contribution is 2.43. The standard InChI is InChI=1S/C17H22O6/c1-17(2,3)7-13(19)23-16-14-10(8-18)5-6-11(14)12(9-22-16)15(20)21-4/h5,8-9,11,14,16H,6-7H2,1-4H3. The van der Waals surface area contributed by atoms with Gasteiger partial charge >= 0.3 is 11.9 Å². The summed E-state index contributed by atoms with van der Waals surface area (Å²) < 4.78 is 15.6. The molecule has 23 heavy (non-hydrogen) atoms. The first kappa shape index (κ1) is 17.2. The van der Waals surface area contributed by atoms with E-state index in [2.05, 4.69) is 0 Å². The molecule has 0 aromatic rings. The van der Waals surface area contributed by atoms with Crippen molar-refractivity contribution in [3.8, 4) is 0 Å². The summed E-state index contributed by atoms with van der Waals surface area (Å²) in [6, 6.07) is 0. The van der Waals surface area contributed by atoms with Crippen LogP contribution in [0.2, 0.25) is 0 Å². The van der Waals surface area contributed by atoms with E-state index in [9.17, 15) is 14.4 Å². The van der Waals surface area contributed by atoms with Crippen LogP contribution in [-0.4, -0.2) is 31.6 Å². The van der Waals surface area contributed by atoms with Crippen LogP contribution in [0.3, 0.4) is 0 Å². The normalized spacial score (nSPS) is 26.3. The minimum absolute atomic E-state index is 0.211. The number of aldehydes is 1. The molecule has 0 aromatic heterocycles. The molecule has 0 bridgehead atoms. The second-order valence-corrected chi connectivity index (χ2v) is 6.99. The van der Waals surface area contributed by atoms with Crippen molar-refractivity contribution in [2.45, 2.75) is 39.9 Å². The monoisotopic (exact) mass is 322 g/mol. The molecule has 2 rings (SSSR count). The molecule has 0 N–H and O–H groups in total. The SMILES string of the molecule is COC(=O)C1=COC(OC(=O)CC(C)(C)C)C2C(C=O)=CCC12.